The molecule has 1 heteroatoms. The zero-order valence-electron chi connectivity index (χ0n) is 12.4. The van der Waals surface area contributed by atoms with E-state index in [4.69, 9.17) is 0 Å². The average molecular weight is 237 g/mol. The smallest absolute Gasteiger partial charge is 0.0105 e. The third kappa shape index (κ3) is 6.88. The Hall–Kier alpha value is -0.300. The molecule has 1 aliphatic rings. The van der Waals surface area contributed by atoms with Crippen LogP contribution in [0.1, 0.15) is 60.3 Å². The summed E-state index contributed by atoms with van der Waals surface area (Å²) in [5, 5.41) is 3.58. The van der Waals surface area contributed by atoms with Gasteiger partial charge in [0.1, 0.15) is 0 Å². The quantitative estimate of drug-likeness (QED) is 0.699. The molecule has 1 aliphatic heterocycles. The molecule has 0 bridgehead atoms. The third-order valence-electron chi connectivity index (χ3n) is 3.53. The van der Waals surface area contributed by atoms with Crippen LogP contribution in [0, 0.1) is 17.3 Å². The molecule has 1 heterocycles. The predicted octanol–water partition coefficient (Wildman–Crippen LogP) is 4.39. The largest absolute Gasteiger partial charge is 0.313 e. The topological polar surface area (TPSA) is 12.0 Å². The summed E-state index contributed by atoms with van der Waals surface area (Å²) in [5.41, 5.74) is 0.468. The van der Waals surface area contributed by atoms with Gasteiger partial charge in [-0.3, -0.25) is 0 Å². The SMILES string of the molecule is C[C@H](C/C=C/CC1C[C@@H](C)CN1)CC(C)(C)C. The molecule has 0 aliphatic carbocycles. The number of hydrogen-bond donors (Lipinski definition) is 1. The van der Waals surface area contributed by atoms with E-state index in [1.54, 1.807) is 0 Å². The van der Waals surface area contributed by atoms with Crippen LogP contribution in [0.2, 0.25) is 0 Å². The molecule has 0 spiro atoms. The lowest BCUT2D eigenvalue weighted by Crippen LogP contribution is -2.20. The summed E-state index contributed by atoms with van der Waals surface area (Å²) < 4.78 is 0. The fourth-order valence-corrected chi connectivity index (χ4v) is 2.92. The Labute approximate surface area is 108 Å². The molecule has 1 N–H and O–H groups in total. The molecule has 0 saturated carbocycles. The second-order valence-electron chi connectivity index (χ2n) is 7.26. The summed E-state index contributed by atoms with van der Waals surface area (Å²) in [5.74, 6) is 1.68. The van der Waals surface area contributed by atoms with Gasteiger partial charge < -0.3 is 5.32 Å². The molecule has 0 radical (unpaired) electrons. The highest BCUT2D eigenvalue weighted by atomic mass is 14.9. The van der Waals surface area contributed by atoms with Gasteiger partial charge in [-0.25, -0.2) is 0 Å². The first-order chi connectivity index (χ1) is 7.87. The minimum Gasteiger partial charge on any atom is -0.313 e. The van der Waals surface area contributed by atoms with Crippen molar-refractivity contribution in [3.8, 4) is 0 Å². The normalized spacial score (nSPS) is 27.8. The van der Waals surface area contributed by atoms with Crippen molar-refractivity contribution in [1.29, 1.82) is 0 Å². The number of rotatable bonds is 5. The fourth-order valence-electron chi connectivity index (χ4n) is 2.92. The lowest BCUT2D eigenvalue weighted by Gasteiger charge is -2.22. The molecular weight excluding hydrogens is 206 g/mol. The third-order valence-corrected chi connectivity index (χ3v) is 3.53. The Morgan fingerprint density at radius 1 is 1.29 bits per heavy atom. The van der Waals surface area contributed by atoms with Crippen molar-refractivity contribution in [3.05, 3.63) is 12.2 Å². The van der Waals surface area contributed by atoms with Crippen molar-refractivity contribution in [2.75, 3.05) is 6.54 Å². The van der Waals surface area contributed by atoms with Gasteiger partial charge in [-0.2, -0.15) is 0 Å². The molecule has 100 valence electrons. The van der Waals surface area contributed by atoms with E-state index in [9.17, 15) is 0 Å². The van der Waals surface area contributed by atoms with Gasteiger partial charge in [0, 0.05) is 6.04 Å². The van der Waals surface area contributed by atoms with Crippen LogP contribution in [-0.2, 0) is 0 Å². The summed E-state index contributed by atoms with van der Waals surface area (Å²) >= 11 is 0. The van der Waals surface area contributed by atoms with Gasteiger partial charge in [-0.05, 0) is 49.5 Å². The Morgan fingerprint density at radius 3 is 2.53 bits per heavy atom. The maximum absolute atomic E-state index is 3.58. The number of allylic oxidation sites excluding steroid dienone is 1. The summed E-state index contributed by atoms with van der Waals surface area (Å²) in [6.07, 6.45) is 9.89. The van der Waals surface area contributed by atoms with Gasteiger partial charge in [0.25, 0.3) is 0 Å². The lowest BCUT2D eigenvalue weighted by molar-refractivity contribution is 0.308. The zero-order valence-corrected chi connectivity index (χ0v) is 12.4. The second-order valence-corrected chi connectivity index (χ2v) is 7.26. The minimum atomic E-state index is 0.468. The highest BCUT2D eigenvalue weighted by Crippen LogP contribution is 2.26. The van der Waals surface area contributed by atoms with Crippen LogP contribution >= 0.6 is 0 Å². The van der Waals surface area contributed by atoms with Crippen molar-refractivity contribution in [1.82, 2.24) is 5.32 Å². The Morgan fingerprint density at radius 2 is 2.00 bits per heavy atom. The number of hydrogen-bond acceptors (Lipinski definition) is 1. The molecule has 1 rings (SSSR count). The first kappa shape index (κ1) is 14.8. The monoisotopic (exact) mass is 237 g/mol. The molecule has 1 nitrogen and oxygen atoms in total. The first-order valence-corrected chi connectivity index (χ1v) is 7.25. The van der Waals surface area contributed by atoms with Gasteiger partial charge in [0.2, 0.25) is 0 Å². The van der Waals surface area contributed by atoms with E-state index in [0.717, 1.165) is 17.9 Å². The van der Waals surface area contributed by atoms with Gasteiger partial charge in [-0.1, -0.05) is 46.8 Å². The van der Waals surface area contributed by atoms with Crippen LogP contribution in [0.5, 0.6) is 0 Å². The molecule has 17 heavy (non-hydrogen) atoms. The van der Waals surface area contributed by atoms with E-state index in [1.165, 1.54) is 32.2 Å². The first-order valence-electron chi connectivity index (χ1n) is 7.25. The lowest BCUT2D eigenvalue weighted by atomic mass is 9.84. The van der Waals surface area contributed by atoms with E-state index in [0.29, 0.717) is 5.41 Å². The second kappa shape index (κ2) is 6.58. The van der Waals surface area contributed by atoms with Crippen LogP contribution < -0.4 is 5.32 Å². The summed E-state index contributed by atoms with van der Waals surface area (Å²) in [7, 11) is 0. The van der Waals surface area contributed by atoms with Crippen LogP contribution in [-0.4, -0.2) is 12.6 Å². The van der Waals surface area contributed by atoms with Crippen LogP contribution in [0.4, 0.5) is 0 Å². The predicted molar refractivity (Wildman–Crippen MR) is 77.2 cm³/mol. The maximum atomic E-state index is 3.58. The van der Waals surface area contributed by atoms with E-state index in [-0.39, 0.29) is 0 Å². The molecule has 1 saturated heterocycles. The van der Waals surface area contributed by atoms with Gasteiger partial charge in [-0.15, -0.1) is 0 Å². The van der Waals surface area contributed by atoms with Crippen LogP contribution in [0.15, 0.2) is 12.2 Å². The van der Waals surface area contributed by atoms with Crippen molar-refractivity contribution in [3.63, 3.8) is 0 Å². The van der Waals surface area contributed by atoms with Gasteiger partial charge in [0.15, 0.2) is 0 Å². The zero-order chi connectivity index (χ0) is 12.9. The van der Waals surface area contributed by atoms with Crippen LogP contribution in [0.25, 0.3) is 0 Å². The van der Waals surface area contributed by atoms with Crippen LogP contribution in [0.3, 0.4) is 0 Å². The summed E-state index contributed by atoms with van der Waals surface area (Å²) in [6.45, 7) is 12.9. The Kier molecular flexibility index (Phi) is 5.72. The molecule has 0 amide bonds. The molecule has 1 unspecified atom stereocenters. The molecule has 1 fully saturated rings. The molecule has 3 atom stereocenters. The fraction of sp³-hybridized carbons (Fsp3) is 0.875. The molecule has 0 aromatic rings. The van der Waals surface area contributed by atoms with Gasteiger partial charge in [0.05, 0.1) is 0 Å². The van der Waals surface area contributed by atoms with E-state index in [2.05, 4.69) is 52.1 Å². The van der Waals surface area contributed by atoms with E-state index >= 15 is 0 Å². The Balaban J connectivity index is 2.13. The van der Waals surface area contributed by atoms with E-state index < -0.39 is 0 Å². The highest BCUT2D eigenvalue weighted by molar-refractivity contribution is 4.91. The maximum Gasteiger partial charge on any atom is 0.0105 e. The summed E-state index contributed by atoms with van der Waals surface area (Å²) in [6, 6.07) is 0.735. The van der Waals surface area contributed by atoms with Crippen molar-refractivity contribution >= 4 is 0 Å². The molecular formula is C16H31N. The highest BCUT2D eigenvalue weighted by Gasteiger charge is 2.18. The van der Waals surface area contributed by atoms with Crippen molar-refractivity contribution in [2.45, 2.75) is 66.3 Å². The molecule has 0 aromatic carbocycles. The molecule has 0 aromatic heterocycles. The minimum absolute atomic E-state index is 0.468. The van der Waals surface area contributed by atoms with Crippen molar-refractivity contribution in [2.24, 2.45) is 17.3 Å². The average Bonchev–Trinajstić information content (AvgIpc) is 2.56. The standard InChI is InChI=1S/C16H31N/c1-13(11-16(3,4)5)8-6-7-9-15-10-14(2)12-17-15/h6-7,13-15,17H,8-12H2,1-5H3/b7-6+/t13-,14-,15?/m1/s1. The van der Waals surface area contributed by atoms with Gasteiger partial charge >= 0.3 is 0 Å². The number of nitrogens with one attached hydrogen (secondary N) is 1. The summed E-state index contributed by atoms with van der Waals surface area (Å²) in [4.78, 5) is 0. The van der Waals surface area contributed by atoms with E-state index in [1.807, 2.05) is 0 Å². The Bertz CT molecular complexity index is 236. The van der Waals surface area contributed by atoms with Crippen molar-refractivity contribution < 1.29 is 0 Å².